The molecule has 3 nitrogen and oxygen atoms in total. The summed E-state index contributed by atoms with van der Waals surface area (Å²) in [5, 5.41) is 2.99. The average Bonchev–Trinajstić information content (AvgIpc) is 2.49. The molecule has 21 heavy (non-hydrogen) atoms. The van der Waals surface area contributed by atoms with Crippen LogP contribution in [0.5, 0.6) is 0 Å². The Kier molecular flexibility index (Phi) is 5.52. The molecular weight excluding hydrogens is 260 g/mol. The molecule has 1 atom stereocenters. The fraction of sp³-hybridized carbons (Fsp3) is 0.278. The molecule has 0 saturated carbocycles. The maximum absolute atomic E-state index is 11.8. The zero-order valence-corrected chi connectivity index (χ0v) is 12.3. The largest absolute Gasteiger partial charge is 0.355 e. The quantitative estimate of drug-likeness (QED) is 0.856. The van der Waals surface area contributed by atoms with Gasteiger partial charge in [0, 0.05) is 24.9 Å². The molecule has 0 aromatic heterocycles. The van der Waals surface area contributed by atoms with Crippen LogP contribution in [0.3, 0.4) is 0 Å². The van der Waals surface area contributed by atoms with Crippen LogP contribution in [0.2, 0.25) is 0 Å². The molecule has 0 fully saturated rings. The number of carbonyl (C=O) groups is 1. The Balaban J connectivity index is 2.12. The van der Waals surface area contributed by atoms with Crippen LogP contribution >= 0.6 is 0 Å². The first-order valence-electron chi connectivity index (χ1n) is 7.29. The number of nitrogens with two attached hydrogens (primary N) is 1. The van der Waals surface area contributed by atoms with E-state index in [1.165, 1.54) is 11.1 Å². The van der Waals surface area contributed by atoms with Crippen LogP contribution in [0, 0.1) is 0 Å². The summed E-state index contributed by atoms with van der Waals surface area (Å²) in [6.45, 7) is 2.42. The van der Waals surface area contributed by atoms with Gasteiger partial charge in [0.25, 0.3) is 0 Å². The van der Waals surface area contributed by atoms with Gasteiger partial charge >= 0.3 is 0 Å². The summed E-state index contributed by atoms with van der Waals surface area (Å²) < 4.78 is 0. The van der Waals surface area contributed by atoms with Gasteiger partial charge in [0.1, 0.15) is 0 Å². The Bertz CT molecular complexity index is 512. The van der Waals surface area contributed by atoms with Gasteiger partial charge in [-0.05, 0) is 18.1 Å². The van der Waals surface area contributed by atoms with Gasteiger partial charge in [-0.2, -0.15) is 0 Å². The van der Waals surface area contributed by atoms with E-state index >= 15 is 0 Å². The van der Waals surface area contributed by atoms with Crippen LogP contribution < -0.4 is 11.1 Å². The molecule has 0 heterocycles. The first-order chi connectivity index (χ1) is 10.2. The molecule has 0 aliphatic rings. The van der Waals surface area contributed by atoms with E-state index in [-0.39, 0.29) is 17.9 Å². The van der Waals surface area contributed by atoms with Crippen molar-refractivity contribution in [1.29, 1.82) is 0 Å². The molecule has 0 bridgehead atoms. The van der Waals surface area contributed by atoms with Crippen LogP contribution in [0.15, 0.2) is 60.7 Å². The molecule has 3 heteroatoms. The van der Waals surface area contributed by atoms with Gasteiger partial charge in [-0.15, -0.1) is 0 Å². The monoisotopic (exact) mass is 282 g/mol. The van der Waals surface area contributed by atoms with E-state index in [2.05, 4.69) is 29.6 Å². The van der Waals surface area contributed by atoms with Crippen molar-refractivity contribution in [1.82, 2.24) is 5.32 Å². The van der Waals surface area contributed by atoms with Crippen LogP contribution in [-0.4, -0.2) is 18.5 Å². The van der Waals surface area contributed by atoms with Crippen LogP contribution in [0.1, 0.15) is 30.4 Å². The Hall–Kier alpha value is -2.13. The average molecular weight is 282 g/mol. The lowest BCUT2D eigenvalue weighted by Gasteiger charge is -2.19. The van der Waals surface area contributed by atoms with E-state index in [1.54, 1.807) is 0 Å². The van der Waals surface area contributed by atoms with Crippen molar-refractivity contribution >= 4 is 5.91 Å². The zero-order chi connectivity index (χ0) is 15.1. The van der Waals surface area contributed by atoms with E-state index < -0.39 is 0 Å². The lowest BCUT2D eigenvalue weighted by molar-refractivity contribution is -0.121. The van der Waals surface area contributed by atoms with Crippen molar-refractivity contribution in [2.75, 3.05) is 6.54 Å². The number of hydrogen-bond donors (Lipinski definition) is 2. The van der Waals surface area contributed by atoms with Crippen molar-refractivity contribution in [2.24, 2.45) is 5.73 Å². The zero-order valence-electron chi connectivity index (χ0n) is 12.3. The molecule has 1 amide bonds. The summed E-state index contributed by atoms with van der Waals surface area (Å²) in [6, 6.07) is 20.3. The van der Waals surface area contributed by atoms with Gasteiger partial charge in [0.05, 0.1) is 0 Å². The Morgan fingerprint density at radius 1 is 1.00 bits per heavy atom. The second kappa shape index (κ2) is 7.60. The maximum Gasteiger partial charge on any atom is 0.221 e. The molecule has 0 spiro atoms. The molecular formula is C18H22N2O. The number of hydrogen-bond acceptors (Lipinski definition) is 2. The molecule has 3 N–H and O–H groups in total. The van der Waals surface area contributed by atoms with Crippen molar-refractivity contribution in [3.63, 3.8) is 0 Å². The summed E-state index contributed by atoms with van der Waals surface area (Å²) in [7, 11) is 0. The Morgan fingerprint density at radius 3 is 1.90 bits per heavy atom. The second-order valence-electron chi connectivity index (χ2n) is 5.36. The molecule has 1 unspecified atom stereocenters. The lowest BCUT2D eigenvalue weighted by atomic mass is 9.91. The summed E-state index contributed by atoms with van der Waals surface area (Å²) in [6.07, 6.45) is 0.357. The standard InChI is InChI=1S/C18H22N2O/c1-14(19)12-18(21)20-13-17(15-8-4-2-5-9-15)16-10-6-3-7-11-16/h2-11,14,17H,12-13,19H2,1H3,(H,20,21). The molecule has 110 valence electrons. The van der Waals surface area contributed by atoms with Crippen LogP contribution in [0.4, 0.5) is 0 Å². The van der Waals surface area contributed by atoms with E-state index in [9.17, 15) is 4.79 Å². The number of benzene rings is 2. The van der Waals surface area contributed by atoms with Crippen LogP contribution in [-0.2, 0) is 4.79 Å². The van der Waals surface area contributed by atoms with E-state index in [0.717, 1.165) is 0 Å². The lowest BCUT2D eigenvalue weighted by Crippen LogP contribution is -2.33. The summed E-state index contributed by atoms with van der Waals surface area (Å²) >= 11 is 0. The second-order valence-corrected chi connectivity index (χ2v) is 5.36. The number of carbonyl (C=O) groups excluding carboxylic acids is 1. The molecule has 2 aromatic rings. The highest BCUT2D eigenvalue weighted by Gasteiger charge is 2.15. The fourth-order valence-electron chi connectivity index (χ4n) is 2.38. The third-order valence-electron chi connectivity index (χ3n) is 3.41. The van der Waals surface area contributed by atoms with Gasteiger partial charge in [0.15, 0.2) is 0 Å². The molecule has 2 aromatic carbocycles. The van der Waals surface area contributed by atoms with E-state index in [0.29, 0.717) is 13.0 Å². The van der Waals surface area contributed by atoms with Gasteiger partial charge in [0.2, 0.25) is 5.91 Å². The number of rotatable bonds is 6. The topological polar surface area (TPSA) is 55.1 Å². The third-order valence-corrected chi connectivity index (χ3v) is 3.41. The molecule has 0 saturated heterocycles. The summed E-state index contributed by atoms with van der Waals surface area (Å²) in [4.78, 5) is 11.8. The minimum atomic E-state index is -0.114. The Labute approximate surface area is 126 Å². The first kappa shape index (κ1) is 15.3. The van der Waals surface area contributed by atoms with Gasteiger partial charge in [-0.1, -0.05) is 60.7 Å². The minimum Gasteiger partial charge on any atom is -0.355 e. The van der Waals surface area contributed by atoms with Crippen molar-refractivity contribution in [2.45, 2.75) is 25.3 Å². The number of nitrogens with one attached hydrogen (secondary N) is 1. The maximum atomic E-state index is 11.8. The first-order valence-corrected chi connectivity index (χ1v) is 7.29. The molecule has 0 aliphatic carbocycles. The van der Waals surface area contributed by atoms with Gasteiger partial charge in [-0.25, -0.2) is 0 Å². The van der Waals surface area contributed by atoms with E-state index in [1.807, 2.05) is 43.3 Å². The smallest absolute Gasteiger partial charge is 0.221 e. The highest BCUT2D eigenvalue weighted by atomic mass is 16.1. The molecule has 0 aliphatic heterocycles. The third kappa shape index (κ3) is 4.72. The summed E-state index contributed by atoms with van der Waals surface area (Å²) in [5.41, 5.74) is 8.06. The minimum absolute atomic E-state index is 0.00172. The fourth-order valence-corrected chi connectivity index (χ4v) is 2.38. The van der Waals surface area contributed by atoms with Crippen LogP contribution in [0.25, 0.3) is 0 Å². The van der Waals surface area contributed by atoms with Gasteiger partial charge < -0.3 is 11.1 Å². The predicted molar refractivity (Wildman–Crippen MR) is 86.0 cm³/mol. The van der Waals surface area contributed by atoms with Crippen molar-refractivity contribution < 1.29 is 4.79 Å². The van der Waals surface area contributed by atoms with Gasteiger partial charge in [-0.3, -0.25) is 4.79 Å². The highest BCUT2D eigenvalue weighted by Crippen LogP contribution is 2.23. The normalized spacial score (nSPS) is 12.1. The SMILES string of the molecule is CC(N)CC(=O)NCC(c1ccccc1)c1ccccc1. The van der Waals surface area contributed by atoms with Crippen molar-refractivity contribution in [3.8, 4) is 0 Å². The van der Waals surface area contributed by atoms with E-state index in [4.69, 9.17) is 5.73 Å². The van der Waals surface area contributed by atoms with Crippen molar-refractivity contribution in [3.05, 3.63) is 71.8 Å². The predicted octanol–water partition coefficient (Wildman–Crippen LogP) is 2.67. The molecule has 2 rings (SSSR count). The molecule has 0 radical (unpaired) electrons. The Morgan fingerprint density at radius 2 is 1.48 bits per heavy atom. The number of amides is 1. The summed E-state index contributed by atoms with van der Waals surface area (Å²) in [5.74, 6) is 0.159. The highest BCUT2D eigenvalue weighted by molar-refractivity contribution is 5.76.